The van der Waals surface area contributed by atoms with E-state index in [0.717, 1.165) is 45.4 Å². The van der Waals surface area contributed by atoms with Crippen molar-refractivity contribution < 1.29 is 9.59 Å². The van der Waals surface area contributed by atoms with Crippen molar-refractivity contribution in [3.8, 4) is 0 Å². The molecule has 0 aromatic rings. The average molecular weight is 295 g/mol. The summed E-state index contributed by atoms with van der Waals surface area (Å²) in [4.78, 5) is 26.0. The molecule has 2 heterocycles. The van der Waals surface area contributed by atoms with Crippen molar-refractivity contribution in [3.05, 3.63) is 0 Å². The summed E-state index contributed by atoms with van der Waals surface area (Å²) >= 11 is 0. The molecule has 2 amide bonds. The van der Waals surface area contributed by atoms with Gasteiger partial charge in [-0.2, -0.15) is 0 Å². The first kappa shape index (κ1) is 16.3. The fraction of sp³-hybridized carbons (Fsp3) is 0.875. The molecule has 2 saturated heterocycles. The lowest BCUT2D eigenvalue weighted by atomic mass is 9.93. The molecular weight excluding hydrogens is 266 g/mol. The number of carbonyl (C=O) groups is 2. The molecule has 2 rings (SSSR count). The number of nitrogens with one attached hydrogen (secondary N) is 2. The second-order valence-electron chi connectivity index (χ2n) is 6.30. The Kier molecular flexibility index (Phi) is 6.49. The maximum absolute atomic E-state index is 12.2. The summed E-state index contributed by atoms with van der Waals surface area (Å²) < 4.78 is 0. The number of carbonyl (C=O) groups excluding carboxylic acids is 2. The summed E-state index contributed by atoms with van der Waals surface area (Å²) in [6.07, 6.45) is 5.77. The van der Waals surface area contributed by atoms with Gasteiger partial charge in [0, 0.05) is 32.0 Å². The van der Waals surface area contributed by atoms with E-state index in [-0.39, 0.29) is 17.7 Å². The van der Waals surface area contributed by atoms with E-state index < -0.39 is 0 Å². The number of piperidine rings is 2. The molecule has 0 spiro atoms. The van der Waals surface area contributed by atoms with Crippen LogP contribution in [0.4, 0.5) is 0 Å². The second-order valence-corrected chi connectivity index (χ2v) is 6.30. The smallest absolute Gasteiger partial charge is 0.223 e. The quantitative estimate of drug-likeness (QED) is 0.799. The summed E-state index contributed by atoms with van der Waals surface area (Å²) in [7, 11) is 0. The highest BCUT2D eigenvalue weighted by atomic mass is 16.2. The highest BCUT2D eigenvalue weighted by Crippen LogP contribution is 2.20. The van der Waals surface area contributed by atoms with Gasteiger partial charge in [-0.15, -0.1) is 0 Å². The van der Waals surface area contributed by atoms with Crippen molar-refractivity contribution in [1.82, 2.24) is 15.5 Å². The summed E-state index contributed by atoms with van der Waals surface area (Å²) in [6, 6.07) is 0. The summed E-state index contributed by atoms with van der Waals surface area (Å²) in [5.41, 5.74) is 0. The Morgan fingerprint density at radius 3 is 2.62 bits per heavy atom. The Morgan fingerprint density at radius 2 is 2.00 bits per heavy atom. The van der Waals surface area contributed by atoms with Crippen LogP contribution < -0.4 is 10.6 Å². The van der Waals surface area contributed by atoms with E-state index in [4.69, 9.17) is 0 Å². The van der Waals surface area contributed by atoms with Gasteiger partial charge < -0.3 is 15.5 Å². The molecule has 1 unspecified atom stereocenters. The normalized spacial score (nSPS) is 23.9. The molecule has 1 atom stereocenters. The molecule has 0 aromatic heterocycles. The van der Waals surface area contributed by atoms with Gasteiger partial charge in [-0.1, -0.05) is 0 Å². The van der Waals surface area contributed by atoms with E-state index in [2.05, 4.69) is 10.6 Å². The molecule has 0 radical (unpaired) electrons. The number of likely N-dealkylation sites (tertiary alicyclic amines) is 1. The molecule has 0 aliphatic carbocycles. The highest BCUT2D eigenvalue weighted by Gasteiger charge is 2.27. The molecule has 2 N–H and O–H groups in total. The summed E-state index contributed by atoms with van der Waals surface area (Å²) in [5, 5.41) is 6.28. The average Bonchev–Trinajstić information content (AvgIpc) is 2.54. The summed E-state index contributed by atoms with van der Waals surface area (Å²) in [6.45, 7) is 6.29. The van der Waals surface area contributed by atoms with Crippen LogP contribution >= 0.6 is 0 Å². The maximum Gasteiger partial charge on any atom is 0.223 e. The van der Waals surface area contributed by atoms with Crippen LogP contribution in [0.3, 0.4) is 0 Å². The zero-order valence-electron chi connectivity index (χ0n) is 13.2. The first-order chi connectivity index (χ1) is 10.2. The van der Waals surface area contributed by atoms with E-state index >= 15 is 0 Å². The summed E-state index contributed by atoms with van der Waals surface area (Å²) in [5.74, 6) is 1.18. The zero-order valence-corrected chi connectivity index (χ0v) is 13.2. The first-order valence-electron chi connectivity index (χ1n) is 8.47. The number of hydrogen-bond donors (Lipinski definition) is 2. The number of hydrogen-bond acceptors (Lipinski definition) is 3. The third-order valence-corrected chi connectivity index (χ3v) is 4.73. The van der Waals surface area contributed by atoms with E-state index in [9.17, 15) is 9.59 Å². The van der Waals surface area contributed by atoms with Crippen LogP contribution in [0.2, 0.25) is 0 Å². The molecule has 2 fully saturated rings. The molecular formula is C16H29N3O2. The van der Waals surface area contributed by atoms with Crippen LogP contribution in [0, 0.1) is 11.8 Å². The molecule has 21 heavy (non-hydrogen) atoms. The van der Waals surface area contributed by atoms with E-state index in [0.29, 0.717) is 18.9 Å². The van der Waals surface area contributed by atoms with Crippen molar-refractivity contribution in [1.29, 1.82) is 0 Å². The molecule has 2 aliphatic heterocycles. The lowest BCUT2D eigenvalue weighted by Crippen LogP contribution is -2.43. The largest absolute Gasteiger partial charge is 0.356 e. The fourth-order valence-electron chi connectivity index (χ4n) is 3.37. The van der Waals surface area contributed by atoms with Gasteiger partial charge in [-0.25, -0.2) is 0 Å². The fourth-order valence-corrected chi connectivity index (χ4v) is 3.37. The minimum Gasteiger partial charge on any atom is -0.356 e. The van der Waals surface area contributed by atoms with Gasteiger partial charge in [0.25, 0.3) is 0 Å². The second kappa shape index (κ2) is 8.37. The van der Waals surface area contributed by atoms with Crippen LogP contribution in [0.1, 0.15) is 45.4 Å². The Labute approximate surface area is 127 Å². The Morgan fingerprint density at radius 1 is 1.24 bits per heavy atom. The monoisotopic (exact) mass is 295 g/mol. The van der Waals surface area contributed by atoms with E-state index in [1.165, 1.54) is 12.8 Å². The lowest BCUT2D eigenvalue weighted by Gasteiger charge is -2.32. The van der Waals surface area contributed by atoms with Gasteiger partial charge in [0.1, 0.15) is 0 Å². The van der Waals surface area contributed by atoms with Gasteiger partial charge >= 0.3 is 0 Å². The highest BCUT2D eigenvalue weighted by molar-refractivity contribution is 5.80. The van der Waals surface area contributed by atoms with Crippen molar-refractivity contribution in [2.75, 3.05) is 32.7 Å². The van der Waals surface area contributed by atoms with Crippen LogP contribution in [0.5, 0.6) is 0 Å². The minimum atomic E-state index is 0.0940. The van der Waals surface area contributed by atoms with E-state index in [1.54, 1.807) is 0 Å². The molecule has 5 heteroatoms. The van der Waals surface area contributed by atoms with Crippen molar-refractivity contribution in [2.45, 2.75) is 45.4 Å². The lowest BCUT2D eigenvalue weighted by molar-refractivity contribution is -0.135. The Bertz CT molecular complexity index is 345. The van der Waals surface area contributed by atoms with Gasteiger partial charge in [-0.3, -0.25) is 9.59 Å². The third-order valence-electron chi connectivity index (χ3n) is 4.73. The number of nitrogens with zero attached hydrogens (tertiary/aromatic N) is 1. The van der Waals surface area contributed by atoms with E-state index in [1.807, 2.05) is 11.8 Å². The molecule has 2 aliphatic rings. The van der Waals surface area contributed by atoms with Gasteiger partial charge in [0.05, 0.1) is 0 Å². The van der Waals surface area contributed by atoms with Crippen LogP contribution in [0.25, 0.3) is 0 Å². The maximum atomic E-state index is 12.2. The molecule has 0 aromatic carbocycles. The van der Waals surface area contributed by atoms with Gasteiger partial charge in [0.2, 0.25) is 11.8 Å². The topological polar surface area (TPSA) is 61.4 Å². The predicted molar refractivity (Wildman–Crippen MR) is 82.8 cm³/mol. The van der Waals surface area contributed by atoms with Crippen LogP contribution in [-0.4, -0.2) is 49.4 Å². The van der Waals surface area contributed by atoms with Crippen LogP contribution in [-0.2, 0) is 9.59 Å². The van der Waals surface area contributed by atoms with Crippen molar-refractivity contribution in [2.24, 2.45) is 11.8 Å². The third kappa shape index (κ3) is 4.99. The number of amides is 2. The Hall–Kier alpha value is -1.10. The van der Waals surface area contributed by atoms with Crippen molar-refractivity contribution >= 4 is 11.8 Å². The minimum absolute atomic E-state index is 0.0940. The first-order valence-corrected chi connectivity index (χ1v) is 8.47. The Balaban J connectivity index is 1.66. The molecule has 5 nitrogen and oxygen atoms in total. The predicted octanol–water partition coefficient (Wildman–Crippen LogP) is 1.14. The molecule has 0 bridgehead atoms. The molecule has 120 valence electrons. The molecule has 0 saturated carbocycles. The van der Waals surface area contributed by atoms with Gasteiger partial charge in [0.15, 0.2) is 0 Å². The number of rotatable bonds is 5. The SMILES string of the molecule is CCNC(=O)C1CCN(C(=O)CCC2CCCNC2)CC1. The standard InChI is InChI=1S/C16H29N3O2/c1-2-18-16(21)14-7-10-19(11-8-14)15(20)6-5-13-4-3-9-17-12-13/h13-14,17H,2-12H2,1H3,(H,18,21). The zero-order chi connectivity index (χ0) is 15.1. The van der Waals surface area contributed by atoms with Gasteiger partial charge in [-0.05, 0) is 58.0 Å². The van der Waals surface area contributed by atoms with Crippen LogP contribution in [0.15, 0.2) is 0 Å². The van der Waals surface area contributed by atoms with Crippen molar-refractivity contribution in [3.63, 3.8) is 0 Å².